The molecule has 2 unspecified atom stereocenters. The summed E-state index contributed by atoms with van der Waals surface area (Å²) >= 11 is 0. The summed E-state index contributed by atoms with van der Waals surface area (Å²) in [5, 5.41) is 0.622. The number of pyridine rings is 1. The third-order valence-electron chi connectivity index (χ3n) is 4.37. The highest BCUT2D eigenvalue weighted by molar-refractivity contribution is 5.90. The lowest BCUT2D eigenvalue weighted by Crippen LogP contribution is -2.30. The Balaban J connectivity index is 1.90. The monoisotopic (exact) mass is 304 g/mol. The van der Waals surface area contributed by atoms with Crippen molar-refractivity contribution < 1.29 is 13.9 Å². The van der Waals surface area contributed by atoms with Crippen LogP contribution in [0.15, 0.2) is 6.20 Å². The van der Waals surface area contributed by atoms with E-state index in [0.29, 0.717) is 35.5 Å². The number of ether oxygens (including phenoxy) is 2. The Morgan fingerprint density at radius 2 is 2.27 bits per heavy atom. The van der Waals surface area contributed by atoms with Gasteiger partial charge in [-0.2, -0.15) is 9.97 Å². The van der Waals surface area contributed by atoms with Gasteiger partial charge in [0, 0.05) is 24.7 Å². The highest BCUT2D eigenvalue weighted by atomic mass is 19.1. The van der Waals surface area contributed by atoms with Gasteiger partial charge in [0.25, 0.3) is 0 Å². The summed E-state index contributed by atoms with van der Waals surface area (Å²) in [7, 11) is 1.49. The molecular formula is C15H17FN4O2. The molecule has 0 N–H and O–H groups in total. The average Bonchev–Trinajstić information content (AvgIpc) is 3.30. The molecule has 4 rings (SSSR count). The second kappa shape index (κ2) is 5.01. The van der Waals surface area contributed by atoms with Crippen molar-refractivity contribution in [2.75, 3.05) is 31.8 Å². The number of rotatable bonds is 2. The third kappa shape index (κ3) is 2.08. The van der Waals surface area contributed by atoms with E-state index in [1.807, 2.05) is 0 Å². The zero-order chi connectivity index (χ0) is 15.3. The molecule has 6 nitrogen and oxygen atoms in total. The second-order valence-corrected chi connectivity index (χ2v) is 5.79. The summed E-state index contributed by atoms with van der Waals surface area (Å²) in [5.41, 5.74) is 0.583. The van der Waals surface area contributed by atoms with E-state index in [4.69, 9.17) is 9.47 Å². The predicted octanol–water partition coefficient (Wildman–Crippen LogP) is 1.71. The molecule has 1 aliphatic carbocycles. The Hall–Kier alpha value is -2.02. The molecule has 0 amide bonds. The van der Waals surface area contributed by atoms with Crippen LogP contribution in [0, 0.1) is 18.7 Å². The maximum atomic E-state index is 14.4. The first-order chi connectivity index (χ1) is 10.7. The molecular weight excluding hydrogens is 287 g/mol. The van der Waals surface area contributed by atoms with Crippen LogP contribution in [0.4, 0.5) is 10.2 Å². The van der Waals surface area contributed by atoms with Gasteiger partial charge in [-0.1, -0.05) is 0 Å². The first-order valence-electron chi connectivity index (χ1n) is 7.40. The minimum absolute atomic E-state index is 0.175. The molecule has 2 aliphatic rings. The fraction of sp³-hybridized carbons (Fsp3) is 0.533. The normalized spacial score (nSPS) is 24.0. The van der Waals surface area contributed by atoms with Crippen LogP contribution in [0.1, 0.15) is 12.1 Å². The summed E-state index contributed by atoms with van der Waals surface area (Å²) in [6.07, 6.45) is 2.72. The van der Waals surface area contributed by atoms with Gasteiger partial charge in [0.2, 0.25) is 0 Å². The van der Waals surface area contributed by atoms with Gasteiger partial charge in [-0.15, -0.1) is 0 Å². The van der Waals surface area contributed by atoms with Crippen molar-refractivity contribution in [3.05, 3.63) is 17.7 Å². The quantitative estimate of drug-likeness (QED) is 0.842. The van der Waals surface area contributed by atoms with E-state index in [-0.39, 0.29) is 11.5 Å². The van der Waals surface area contributed by atoms with E-state index in [2.05, 4.69) is 19.9 Å². The minimum atomic E-state index is -0.419. The predicted molar refractivity (Wildman–Crippen MR) is 78.6 cm³/mol. The largest absolute Gasteiger partial charge is 0.467 e. The number of nitrogens with zero attached hydrogens (tertiary/aromatic N) is 4. The SMILES string of the molecule is COc1nc(N2CCOCC3CC32)c2cnc(C)c(F)c2n1. The van der Waals surface area contributed by atoms with Gasteiger partial charge in [-0.3, -0.25) is 4.98 Å². The van der Waals surface area contributed by atoms with Gasteiger partial charge >= 0.3 is 6.01 Å². The topological polar surface area (TPSA) is 60.4 Å². The molecule has 0 bridgehead atoms. The molecule has 1 saturated carbocycles. The summed E-state index contributed by atoms with van der Waals surface area (Å²) < 4.78 is 25.2. The zero-order valence-electron chi connectivity index (χ0n) is 12.5. The van der Waals surface area contributed by atoms with Gasteiger partial charge in [0.1, 0.15) is 11.3 Å². The van der Waals surface area contributed by atoms with Gasteiger partial charge in [-0.25, -0.2) is 4.39 Å². The van der Waals surface area contributed by atoms with Crippen molar-refractivity contribution in [1.82, 2.24) is 15.0 Å². The lowest BCUT2D eigenvalue weighted by Gasteiger charge is -2.23. The van der Waals surface area contributed by atoms with E-state index in [9.17, 15) is 4.39 Å². The smallest absolute Gasteiger partial charge is 0.318 e. The van der Waals surface area contributed by atoms with Gasteiger partial charge in [0.15, 0.2) is 5.82 Å². The van der Waals surface area contributed by atoms with Crippen LogP contribution >= 0.6 is 0 Å². The molecule has 1 saturated heterocycles. The Morgan fingerprint density at radius 3 is 3.09 bits per heavy atom. The van der Waals surface area contributed by atoms with Gasteiger partial charge in [-0.05, 0) is 13.3 Å². The van der Waals surface area contributed by atoms with Crippen LogP contribution < -0.4 is 9.64 Å². The van der Waals surface area contributed by atoms with Crippen molar-refractivity contribution in [3.8, 4) is 6.01 Å². The Labute approximate surface area is 127 Å². The van der Waals surface area contributed by atoms with E-state index >= 15 is 0 Å². The van der Waals surface area contributed by atoms with E-state index in [1.54, 1.807) is 13.1 Å². The standard InChI is InChI=1S/C15H17FN4O2/c1-8-12(16)13-10(6-17-8)14(19-15(18-13)21-2)20-3-4-22-7-9-5-11(9)20/h6,9,11H,3-5,7H2,1-2H3. The maximum Gasteiger partial charge on any atom is 0.318 e. The van der Waals surface area contributed by atoms with Crippen LogP contribution in [0.5, 0.6) is 6.01 Å². The van der Waals surface area contributed by atoms with Crippen LogP contribution in [0.2, 0.25) is 0 Å². The number of fused-ring (bicyclic) bond motifs is 2. The molecule has 2 atom stereocenters. The molecule has 0 radical (unpaired) electrons. The van der Waals surface area contributed by atoms with Crippen LogP contribution in [-0.2, 0) is 4.74 Å². The fourth-order valence-electron chi connectivity index (χ4n) is 3.04. The maximum absolute atomic E-state index is 14.4. The summed E-state index contributed by atoms with van der Waals surface area (Å²) in [4.78, 5) is 14.9. The van der Waals surface area contributed by atoms with Crippen LogP contribution in [-0.4, -0.2) is 47.9 Å². The molecule has 3 heterocycles. The lowest BCUT2D eigenvalue weighted by molar-refractivity contribution is 0.139. The number of methoxy groups -OCH3 is 1. The molecule has 22 heavy (non-hydrogen) atoms. The number of aromatic nitrogens is 3. The number of hydrogen-bond acceptors (Lipinski definition) is 6. The lowest BCUT2D eigenvalue weighted by atomic mass is 10.2. The van der Waals surface area contributed by atoms with Crippen LogP contribution in [0.3, 0.4) is 0 Å². The average molecular weight is 304 g/mol. The minimum Gasteiger partial charge on any atom is -0.467 e. The van der Waals surface area contributed by atoms with E-state index in [1.165, 1.54) is 7.11 Å². The number of hydrogen-bond donors (Lipinski definition) is 0. The summed E-state index contributed by atoms with van der Waals surface area (Å²) in [5.74, 6) is 0.797. The highest BCUT2D eigenvalue weighted by Crippen LogP contribution is 2.41. The number of halogens is 1. The van der Waals surface area contributed by atoms with Crippen molar-refractivity contribution in [2.24, 2.45) is 5.92 Å². The van der Waals surface area contributed by atoms with E-state index in [0.717, 1.165) is 19.6 Å². The van der Waals surface area contributed by atoms with Crippen molar-refractivity contribution in [2.45, 2.75) is 19.4 Å². The summed E-state index contributed by atoms with van der Waals surface area (Å²) in [6, 6.07) is 0.573. The van der Waals surface area contributed by atoms with Crippen molar-refractivity contribution in [3.63, 3.8) is 0 Å². The van der Waals surface area contributed by atoms with E-state index < -0.39 is 5.82 Å². The van der Waals surface area contributed by atoms with Gasteiger partial charge in [0.05, 0.1) is 31.4 Å². The Morgan fingerprint density at radius 1 is 1.41 bits per heavy atom. The van der Waals surface area contributed by atoms with Crippen LogP contribution in [0.25, 0.3) is 10.9 Å². The third-order valence-corrected chi connectivity index (χ3v) is 4.37. The molecule has 116 valence electrons. The zero-order valence-corrected chi connectivity index (χ0v) is 12.5. The Kier molecular flexibility index (Phi) is 3.11. The Bertz CT molecular complexity index is 739. The molecule has 1 aliphatic heterocycles. The second-order valence-electron chi connectivity index (χ2n) is 5.79. The van der Waals surface area contributed by atoms with Gasteiger partial charge < -0.3 is 14.4 Å². The number of aryl methyl sites for hydroxylation is 1. The first-order valence-corrected chi connectivity index (χ1v) is 7.40. The summed E-state index contributed by atoms with van der Waals surface area (Å²) in [6.45, 7) is 3.78. The van der Waals surface area contributed by atoms with Crippen molar-refractivity contribution >= 4 is 16.7 Å². The molecule has 2 aromatic rings. The molecule has 2 aromatic heterocycles. The molecule has 7 heteroatoms. The highest BCUT2D eigenvalue weighted by Gasteiger charge is 2.44. The fourth-order valence-corrected chi connectivity index (χ4v) is 3.04. The molecule has 2 fully saturated rings. The number of anilines is 1. The first kappa shape index (κ1) is 13.6. The van der Waals surface area contributed by atoms with Crippen molar-refractivity contribution in [1.29, 1.82) is 0 Å². The molecule has 0 spiro atoms. The molecule has 0 aromatic carbocycles.